The van der Waals surface area contributed by atoms with E-state index in [-0.39, 0.29) is 16.8 Å². The number of sulfonamides is 1. The van der Waals surface area contributed by atoms with Crippen LogP contribution in [0.5, 0.6) is 0 Å². The quantitative estimate of drug-likeness (QED) is 0.599. The third-order valence-corrected chi connectivity index (χ3v) is 8.62. The topological polar surface area (TPSA) is 82.6 Å². The standard InChI is InChI=1S/C22H26N4O3S2/c1-15(2)25(3)31(28,29)18-8-6-7-16(13-18)21(27)23-17-9-10-19-20(14-17)30-22(24-19)26-11-4-5-12-26/h6-10,13-15H,4-5,11-12H2,1-3H3,(H,23,27). The van der Waals surface area contributed by atoms with Crippen LogP contribution >= 0.6 is 11.3 Å². The number of hydrogen-bond acceptors (Lipinski definition) is 6. The van der Waals surface area contributed by atoms with Crippen LogP contribution in [0.1, 0.15) is 37.0 Å². The molecule has 0 unspecified atom stereocenters. The van der Waals surface area contributed by atoms with Gasteiger partial charge in [-0.15, -0.1) is 0 Å². The molecule has 0 atom stereocenters. The number of nitrogens with one attached hydrogen (secondary N) is 1. The predicted octanol–water partition coefficient (Wildman–Crippen LogP) is 4.18. The van der Waals surface area contributed by atoms with Crippen LogP contribution < -0.4 is 10.2 Å². The summed E-state index contributed by atoms with van der Waals surface area (Å²) in [5.74, 6) is -0.354. The van der Waals surface area contributed by atoms with E-state index >= 15 is 0 Å². The Morgan fingerprint density at radius 2 is 1.90 bits per heavy atom. The summed E-state index contributed by atoms with van der Waals surface area (Å²) >= 11 is 1.62. The second-order valence-corrected chi connectivity index (χ2v) is 11.0. The third kappa shape index (κ3) is 4.44. The Labute approximate surface area is 186 Å². The van der Waals surface area contributed by atoms with Gasteiger partial charge < -0.3 is 10.2 Å². The van der Waals surface area contributed by atoms with Crippen molar-refractivity contribution in [1.29, 1.82) is 0 Å². The van der Waals surface area contributed by atoms with Gasteiger partial charge in [-0.05, 0) is 63.1 Å². The van der Waals surface area contributed by atoms with E-state index in [1.54, 1.807) is 37.3 Å². The Morgan fingerprint density at radius 3 is 2.61 bits per heavy atom. The molecule has 1 fully saturated rings. The lowest BCUT2D eigenvalue weighted by Crippen LogP contribution is -2.33. The number of aromatic nitrogens is 1. The third-order valence-electron chi connectivity index (χ3n) is 5.51. The lowest BCUT2D eigenvalue weighted by Gasteiger charge is -2.21. The number of rotatable bonds is 6. The van der Waals surface area contributed by atoms with Crippen molar-refractivity contribution in [2.75, 3.05) is 30.4 Å². The number of anilines is 2. The van der Waals surface area contributed by atoms with Crippen LogP contribution in [0.15, 0.2) is 47.4 Å². The number of carbonyl (C=O) groups excluding carboxylic acids is 1. The number of carbonyl (C=O) groups is 1. The SMILES string of the molecule is CC(C)N(C)S(=O)(=O)c1cccc(C(=O)Nc2ccc3nc(N4CCCC4)sc3c2)c1. The maximum atomic E-state index is 12.8. The first kappa shape index (κ1) is 21.7. The maximum absolute atomic E-state index is 12.8. The highest BCUT2D eigenvalue weighted by molar-refractivity contribution is 7.89. The molecule has 3 aromatic rings. The van der Waals surface area contributed by atoms with Crippen molar-refractivity contribution < 1.29 is 13.2 Å². The molecule has 1 aliphatic heterocycles. The van der Waals surface area contributed by atoms with E-state index in [9.17, 15) is 13.2 Å². The minimum absolute atomic E-state index is 0.101. The molecule has 1 N–H and O–H groups in total. The fourth-order valence-corrected chi connectivity index (χ4v) is 5.95. The Hall–Kier alpha value is -2.49. The van der Waals surface area contributed by atoms with E-state index in [2.05, 4.69) is 10.2 Å². The molecule has 1 aromatic heterocycles. The molecular weight excluding hydrogens is 432 g/mol. The summed E-state index contributed by atoms with van der Waals surface area (Å²) in [7, 11) is -2.12. The van der Waals surface area contributed by atoms with Crippen LogP contribution in [-0.2, 0) is 10.0 Å². The predicted molar refractivity (Wildman–Crippen MR) is 126 cm³/mol. The van der Waals surface area contributed by atoms with Gasteiger partial charge in [-0.3, -0.25) is 4.79 Å². The first-order chi connectivity index (χ1) is 14.8. The molecule has 1 saturated heterocycles. The highest BCUT2D eigenvalue weighted by atomic mass is 32.2. The van der Waals surface area contributed by atoms with Crippen molar-refractivity contribution in [3.05, 3.63) is 48.0 Å². The second kappa shape index (κ2) is 8.57. The van der Waals surface area contributed by atoms with Crippen molar-refractivity contribution in [1.82, 2.24) is 9.29 Å². The number of thiazole rings is 1. The van der Waals surface area contributed by atoms with E-state index in [0.29, 0.717) is 11.3 Å². The number of nitrogens with zero attached hydrogens (tertiary/aromatic N) is 3. The van der Waals surface area contributed by atoms with Crippen molar-refractivity contribution >= 4 is 48.3 Å². The molecule has 4 rings (SSSR count). The zero-order valence-corrected chi connectivity index (χ0v) is 19.5. The summed E-state index contributed by atoms with van der Waals surface area (Å²) in [6.07, 6.45) is 2.39. The molecule has 0 saturated carbocycles. The van der Waals surface area contributed by atoms with Crippen molar-refractivity contribution in [3.63, 3.8) is 0 Å². The zero-order chi connectivity index (χ0) is 22.2. The van der Waals surface area contributed by atoms with E-state index in [1.807, 2.05) is 18.2 Å². The molecule has 0 spiro atoms. The summed E-state index contributed by atoms with van der Waals surface area (Å²) in [4.78, 5) is 19.9. The number of benzene rings is 2. The molecule has 9 heteroatoms. The van der Waals surface area contributed by atoms with Crippen molar-refractivity contribution in [2.24, 2.45) is 0 Å². The second-order valence-electron chi connectivity index (χ2n) is 7.97. The zero-order valence-electron chi connectivity index (χ0n) is 17.8. The normalized spacial score (nSPS) is 14.7. The van der Waals surface area contributed by atoms with Gasteiger partial charge in [-0.1, -0.05) is 17.4 Å². The van der Waals surface area contributed by atoms with Crippen molar-refractivity contribution in [2.45, 2.75) is 37.6 Å². The van der Waals surface area contributed by atoms with Crippen LogP contribution in [0.3, 0.4) is 0 Å². The summed E-state index contributed by atoms with van der Waals surface area (Å²) in [5, 5.41) is 3.89. The van der Waals surface area contributed by atoms with Crippen LogP contribution in [0.25, 0.3) is 10.2 Å². The monoisotopic (exact) mass is 458 g/mol. The molecule has 1 aliphatic rings. The lowest BCUT2D eigenvalue weighted by molar-refractivity contribution is 0.102. The molecule has 164 valence electrons. The summed E-state index contributed by atoms with van der Waals surface area (Å²) < 4.78 is 27.8. The molecule has 2 heterocycles. The average Bonchev–Trinajstić information content (AvgIpc) is 3.42. The first-order valence-corrected chi connectivity index (χ1v) is 12.6. The van der Waals surface area contributed by atoms with E-state index in [0.717, 1.165) is 28.4 Å². The van der Waals surface area contributed by atoms with Gasteiger partial charge in [0.25, 0.3) is 5.91 Å². The van der Waals surface area contributed by atoms with Gasteiger partial charge in [0, 0.05) is 37.4 Å². The summed E-state index contributed by atoms with van der Waals surface area (Å²) in [6.45, 7) is 5.68. The molecule has 31 heavy (non-hydrogen) atoms. The van der Waals surface area contributed by atoms with Gasteiger partial charge in [-0.25, -0.2) is 13.4 Å². The minimum Gasteiger partial charge on any atom is -0.348 e. The van der Waals surface area contributed by atoms with Gasteiger partial charge in [-0.2, -0.15) is 4.31 Å². The highest BCUT2D eigenvalue weighted by Gasteiger charge is 2.24. The summed E-state index contributed by atoms with van der Waals surface area (Å²) in [5.41, 5.74) is 1.86. The number of hydrogen-bond donors (Lipinski definition) is 1. The van der Waals surface area contributed by atoms with Crippen LogP contribution in [0.2, 0.25) is 0 Å². The Kier molecular flexibility index (Phi) is 6.00. The maximum Gasteiger partial charge on any atom is 0.255 e. The Bertz CT molecular complexity index is 1210. The van der Waals surface area contributed by atoms with Gasteiger partial charge in [0.15, 0.2) is 5.13 Å². The Morgan fingerprint density at radius 1 is 1.16 bits per heavy atom. The lowest BCUT2D eigenvalue weighted by atomic mass is 10.2. The number of fused-ring (bicyclic) bond motifs is 1. The molecule has 0 bridgehead atoms. The van der Waals surface area contributed by atoms with Crippen LogP contribution in [0, 0.1) is 0 Å². The van der Waals surface area contributed by atoms with Gasteiger partial charge in [0.05, 0.1) is 15.1 Å². The molecule has 0 aliphatic carbocycles. The largest absolute Gasteiger partial charge is 0.348 e. The number of amides is 1. The van der Waals surface area contributed by atoms with E-state index in [1.165, 1.54) is 36.3 Å². The first-order valence-electron chi connectivity index (χ1n) is 10.3. The van der Waals surface area contributed by atoms with Crippen molar-refractivity contribution in [3.8, 4) is 0 Å². The van der Waals surface area contributed by atoms with Gasteiger partial charge in [0.2, 0.25) is 10.0 Å². The van der Waals surface area contributed by atoms with Crippen LogP contribution in [-0.4, -0.2) is 49.8 Å². The van der Waals surface area contributed by atoms with E-state index < -0.39 is 10.0 Å². The van der Waals surface area contributed by atoms with E-state index in [4.69, 9.17) is 4.98 Å². The highest BCUT2D eigenvalue weighted by Crippen LogP contribution is 2.32. The fraction of sp³-hybridized carbons (Fsp3) is 0.364. The molecule has 1 amide bonds. The van der Waals surface area contributed by atoms with Gasteiger partial charge >= 0.3 is 0 Å². The smallest absolute Gasteiger partial charge is 0.255 e. The fourth-order valence-electron chi connectivity index (χ4n) is 3.48. The van der Waals surface area contributed by atoms with Gasteiger partial charge in [0.1, 0.15) is 0 Å². The molecular formula is C22H26N4O3S2. The average molecular weight is 459 g/mol. The minimum atomic E-state index is -3.66. The summed E-state index contributed by atoms with van der Waals surface area (Å²) in [6, 6.07) is 11.6. The Balaban J connectivity index is 1.55. The van der Waals surface area contributed by atoms with Crippen LogP contribution in [0.4, 0.5) is 10.8 Å². The molecule has 2 aromatic carbocycles. The molecule has 7 nitrogen and oxygen atoms in total. The molecule has 0 radical (unpaired) electrons.